The SMILES string of the molecule is CNC(=O)c1ccc(C2=CCN(C(=O)O)CC2)c(F)n1. The summed E-state index contributed by atoms with van der Waals surface area (Å²) in [6.07, 6.45) is 1.09. The minimum absolute atomic E-state index is 0.0114. The second kappa shape index (κ2) is 5.68. The van der Waals surface area contributed by atoms with Gasteiger partial charge in [-0.3, -0.25) is 4.79 Å². The summed E-state index contributed by atoms with van der Waals surface area (Å²) >= 11 is 0. The molecule has 2 amide bonds. The van der Waals surface area contributed by atoms with Gasteiger partial charge in [0.15, 0.2) is 0 Å². The van der Waals surface area contributed by atoms with E-state index in [1.54, 1.807) is 6.08 Å². The standard InChI is InChI=1S/C13H14FN3O3/c1-15-12(18)10-3-2-9(11(14)16-10)8-4-6-17(7-5-8)13(19)20/h2-4H,5-7H2,1H3,(H,15,18)(H,19,20). The molecule has 0 aromatic carbocycles. The number of carbonyl (C=O) groups is 2. The van der Waals surface area contributed by atoms with Crippen molar-refractivity contribution in [1.82, 2.24) is 15.2 Å². The Morgan fingerprint density at radius 1 is 1.45 bits per heavy atom. The number of nitrogens with one attached hydrogen (secondary N) is 1. The Hall–Kier alpha value is -2.44. The van der Waals surface area contributed by atoms with Gasteiger partial charge in [-0.05, 0) is 24.1 Å². The van der Waals surface area contributed by atoms with Gasteiger partial charge in [-0.25, -0.2) is 9.78 Å². The van der Waals surface area contributed by atoms with Crippen molar-refractivity contribution in [2.75, 3.05) is 20.1 Å². The van der Waals surface area contributed by atoms with Crippen LogP contribution in [0, 0.1) is 5.95 Å². The fraction of sp³-hybridized carbons (Fsp3) is 0.308. The second-order valence-electron chi connectivity index (χ2n) is 4.32. The number of halogens is 1. The van der Waals surface area contributed by atoms with Crippen LogP contribution in [0.1, 0.15) is 22.5 Å². The summed E-state index contributed by atoms with van der Waals surface area (Å²) < 4.78 is 13.9. The molecule has 2 rings (SSSR count). The fourth-order valence-electron chi connectivity index (χ4n) is 2.02. The van der Waals surface area contributed by atoms with E-state index >= 15 is 0 Å². The van der Waals surface area contributed by atoms with Crippen molar-refractivity contribution in [3.63, 3.8) is 0 Å². The Morgan fingerprint density at radius 3 is 2.70 bits per heavy atom. The highest BCUT2D eigenvalue weighted by Crippen LogP contribution is 2.24. The highest BCUT2D eigenvalue weighted by molar-refractivity contribution is 5.92. The maximum atomic E-state index is 13.9. The number of aromatic nitrogens is 1. The van der Waals surface area contributed by atoms with Gasteiger partial charge in [0, 0.05) is 25.7 Å². The third-order valence-electron chi connectivity index (χ3n) is 3.13. The van der Waals surface area contributed by atoms with Crippen molar-refractivity contribution in [3.8, 4) is 0 Å². The minimum atomic E-state index is -0.992. The van der Waals surface area contributed by atoms with E-state index in [0.29, 0.717) is 24.1 Å². The Balaban J connectivity index is 2.22. The minimum Gasteiger partial charge on any atom is -0.465 e. The molecule has 0 aliphatic carbocycles. The number of carbonyl (C=O) groups excluding carboxylic acids is 1. The van der Waals surface area contributed by atoms with Crippen LogP contribution in [-0.2, 0) is 0 Å². The number of carboxylic acid groups (broad SMARTS) is 1. The lowest BCUT2D eigenvalue weighted by atomic mass is 10.0. The first-order chi connectivity index (χ1) is 9.52. The second-order valence-corrected chi connectivity index (χ2v) is 4.32. The molecule has 7 heteroatoms. The number of hydrogen-bond acceptors (Lipinski definition) is 3. The molecule has 6 nitrogen and oxygen atoms in total. The largest absolute Gasteiger partial charge is 0.465 e. The molecule has 106 valence electrons. The van der Waals surface area contributed by atoms with Gasteiger partial charge in [0.1, 0.15) is 5.69 Å². The molecule has 0 radical (unpaired) electrons. The van der Waals surface area contributed by atoms with E-state index in [2.05, 4.69) is 10.3 Å². The third-order valence-corrected chi connectivity index (χ3v) is 3.13. The normalized spacial score (nSPS) is 14.7. The van der Waals surface area contributed by atoms with E-state index in [4.69, 9.17) is 5.11 Å². The van der Waals surface area contributed by atoms with Crippen molar-refractivity contribution < 1.29 is 19.1 Å². The van der Waals surface area contributed by atoms with Crippen LogP contribution in [0.15, 0.2) is 18.2 Å². The predicted molar refractivity (Wildman–Crippen MR) is 69.8 cm³/mol. The smallest absolute Gasteiger partial charge is 0.407 e. The van der Waals surface area contributed by atoms with Crippen molar-refractivity contribution in [3.05, 3.63) is 35.4 Å². The van der Waals surface area contributed by atoms with Gasteiger partial charge in [0.2, 0.25) is 5.95 Å². The van der Waals surface area contributed by atoms with Gasteiger partial charge in [0.25, 0.3) is 5.91 Å². The van der Waals surface area contributed by atoms with Crippen LogP contribution >= 0.6 is 0 Å². The zero-order valence-corrected chi connectivity index (χ0v) is 10.9. The summed E-state index contributed by atoms with van der Waals surface area (Å²) in [6.45, 7) is 0.541. The number of amides is 2. The molecule has 1 aliphatic heterocycles. The summed E-state index contributed by atoms with van der Waals surface area (Å²) in [6, 6.07) is 2.94. The molecule has 1 aromatic rings. The quantitative estimate of drug-likeness (QED) is 0.800. The first kappa shape index (κ1) is 14.0. The Labute approximate surface area is 114 Å². The van der Waals surface area contributed by atoms with E-state index < -0.39 is 17.9 Å². The highest BCUT2D eigenvalue weighted by atomic mass is 19.1. The molecule has 0 atom stereocenters. The van der Waals surface area contributed by atoms with Crippen molar-refractivity contribution in [2.24, 2.45) is 0 Å². The lowest BCUT2D eigenvalue weighted by Gasteiger charge is -2.23. The Kier molecular flexibility index (Phi) is 3.97. The molecular formula is C13H14FN3O3. The van der Waals surface area contributed by atoms with Crippen LogP contribution in [0.3, 0.4) is 0 Å². The molecular weight excluding hydrogens is 265 g/mol. The molecule has 0 fully saturated rings. The Bertz CT molecular complexity index is 586. The zero-order valence-electron chi connectivity index (χ0n) is 10.9. The van der Waals surface area contributed by atoms with E-state index in [9.17, 15) is 14.0 Å². The van der Waals surface area contributed by atoms with Crippen LogP contribution in [0.25, 0.3) is 5.57 Å². The molecule has 2 N–H and O–H groups in total. The van der Waals surface area contributed by atoms with Crippen molar-refractivity contribution in [1.29, 1.82) is 0 Å². The summed E-state index contributed by atoms with van der Waals surface area (Å²) in [4.78, 5) is 27.0. The summed E-state index contributed by atoms with van der Waals surface area (Å²) in [5.41, 5.74) is 1.02. The van der Waals surface area contributed by atoms with Gasteiger partial charge in [-0.1, -0.05) is 6.08 Å². The fourth-order valence-corrected chi connectivity index (χ4v) is 2.02. The summed E-state index contributed by atoms with van der Waals surface area (Å²) in [5.74, 6) is -1.17. The average molecular weight is 279 g/mol. The first-order valence-electron chi connectivity index (χ1n) is 6.09. The lowest BCUT2D eigenvalue weighted by molar-refractivity contribution is 0.0957. The molecule has 1 aliphatic rings. The molecule has 0 spiro atoms. The zero-order chi connectivity index (χ0) is 14.7. The lowest BCUT2D eigenvalue weighted by Crippen LogP contribution is -2.33. The van der Waals surface area contributed by atoms with Crippen LogP contribution in [0.4, 0.5) is 9.18 Å². The van der Waals surface area contributed by atoms with E-state index in [1.165, 1.54) is 24.1 Å². The van der Waals surface area contributed by atoms with Gasteiger partial charge in [0.05, 0.1) is 0 Å². The molecule has 20 heavy (non-hydrogen) atoms. The van der Waals surface area contributed by atoms with Gasteiger partial charge >= 0.3 is 6.09 Å². The summed E-state index contributed by atoms with van der Waals surface area (Å²) in [5, 5.41) is 11.2. The molecule has 0 saturated carbocycles. The average Bonchev–Trinajstić information content (AvgIpc) is 2.46. The van der Waals surface area contributed by atoms with Crippen LogP contribution < -0.4 is 5.32 Å². The number of nitrogens with zero attached hydrogens (tertiary/aromatic N) is 2. The third kappa shape index (κ3) is 2.76. The van der Waals surface area contributed by atoms with Crippen LogP contribution in [0.2, 0.25) is 0 Å². The monoisotopic (exact) mass is 279 g/mol. The van der Waals surface area contributed by atoms with Crippen molar-refractivity contribution in [2.45, 2.75) is 6.42 Å². The van der Waals surface area contributed by atoms with Gasteiger partial charge < -0.3 is 15.3 Å². The van der Waals surface area contributed by atoms with Gasteiger partial charge in [-0.15, -0.1) is 0 Å². The Morgan fingerprint density at radius 2 is 2.20 bits per heavy atom. The van der Waals surface area contributed by atoms with E-state index in [1.807, 2.05) is 0 Å². The first-order valence-corrected chi connectivity index (χ1v) is 6.09. The topological polar surface area (TPSA) is 82.5 Å². The summed E-state index contributed by atoms with van der Waals surface area (Å²) in [7, 11) is 1.44. The van der Waals surface area contributed by atoms with E-state index in [0.717, 1.165) is 0 Å². The van der Waals surface area contributed by atoms with Gasteiger partial charge in [-0.2, -0.15) is 4.39 Å². The number of hydrogen-bond donors (Lipinski definition) is 2. The molecule has 2 heterocycles. The van der Waals surface area contributed by atoms with Crippen LogP contribution in [-0.4, -0.2) is 47.1 Å². The van der Waals surface area contributed by atoms with Crippen LogP contribution in [0.5, 0.6) is 0 Å². The number of rotatable bonds is 2. The molecule has 0 bridgehead atoms. The molecule has 0 unspecified atom stereocenters. The maximum absolute atomic E-state index is 13.9. The number of pyridine rings is 1. The van der Waals surface area contributed by atoms with Crippen molar-refractivity contribution >= 4 is 17.6 Å². The predicted octanol–water partition coefficient (Wildman–Crippen LogP) is 1.35. The molecule has 0 saturated heterocycles. The van der Waals surface area contributed by atoms with E-state index in [-0.39, 0.29) is 12.2 Å². The molecule has 1 aromatic heterocycles. The highest BCUT2D eigenvalue weighted by Gasteiger charge is 2.19. The maximum Gasteiger partial charge on any atom is 0.407 e.